The summed E-state index contributed by atoms with van der Waals surface area (Å²) in [5.74, 6) is -0.195. The lowest BCUT2D eigenvalue weighted by molar-refractivity contribution is -0.142. The van der Waals surface area contributed by atoms with Gasteiger partial charge >= 0.3 is 5.97 Å². The Morgan fingerprint density at radius 1 is 1.33 bits per heavy atom. The zero-order valence-electron chi connectivity index (χ0n) is 8.64. The topological polar surface area (TPSA) is 26.3 Å². The Labute approximate surface area is 106 Å². The van der Waals surface area contributed by atoms with Crippen molar-refractivity contribution < 1.29 is 9.53 Å². The van der Waals surface area contributed by atoms with Gasteiger partial charge in [0, 0.05) is 8.95 Å². The van der Waals surface area contributed by atoms with Gasteiger partial charge in [-0.25, -0.2) is 0 Å². The molecule has 0 unspecified atom stereocenters. The SMILES string of the molecule is CCOC(=O)Cc1cc(C)c(Br)cc1Br. The molecule has 1 aromatic carbocycles. The normalized spacial score (nSPS) is 10.1. The molecule has 0 amide bonds. The Morgan fingerprint density at radius 3 is 2.60 bits per heavy atom. The molecular formula is C11H12Br2O2. The summed E-state index contributed by atoms with van der Waals surface area (Å²) < 4.78 is 6.85. The van der Waals surface area contributed by atoms with Crippen LogP contribution in [0.25, 0.3) is 0 Å². The van der Waals surface area contributed by atoms with Gasteiger partial charge < -0.3 is 4.74 Å². The average molecular weight is 336 g/mol. The van der Waals surface area contributed by atoms with E-state index in [2.05, 4.69) is 31.9 Å². The van der Waals surface area contributed by atoms with E-state index in [4.69, 9.17) is 4.74 Å². The largest absolute Gasteiger partial charge is 0.466 e. The molecule has 0 aliphatic carbocycles. The van der Waals surface area contributed by atoms with Crippen LogP contribution in [0.2, 0.25) is 0 Å². The summed E-state index contributed by atoms with van der Waals surface area (Å²) in [6, 6.07) is 3.93. The standard InChI is InChI=1S/C11H12Br2O2/c1-3-15-11(14)5-8-4-7(2)9(12)6-10(8)13/h4,6H,3,5H2,1-2H3. The second kappa shape index (κ2) is 5.66. The molecule has 0 aliphatic heterocycles. The number of rotatable bonds is 3. The van der Waals surface area contributed by atoms with E-state index in [1.807, 2.05) is 19.1 Å². The highest BCUT2D eigenvalue weighted by atomic mass is 79.9. The summed E-state index contributed by atoms with van der Waals surface area (Å²) >= 11 is 6.85. The summed E-state index contributed by atoms with van der Waals surface area (Å²) in [6.07, 6.45) is 0.308. The third-order valence-electron chi connectivity index (χ3n) is 1.97. The van der Waals surface area contributed by atoms with Gasteiger partial charge in [0.05, 0.1) is 13.0 Å². The Bertz CT molecular complexity index is 375. The molecular weight excluding hydrogens is 324 g/mol. The second-order valence-electron chi connectivity index (χ2n) is 3.17. The summed E-state index contributed by atoms with van der Waals surface area (Å²) in [5.41, 5.74) is 2.06. The van der Waals surface area contributed by atoms with Crippen molar-refractivity contribution in [3.05, 3.63) is 32.2 Å². The zero-order valence-corrected chi connectivity index (χ0v) is 11.8. The maximum absolute atomic E-state index is 11.3. The molecule has 4 heteroatoms. The molecule has 82 valence electrons. The Hall–Kier alpha value is -0.350. The van der Waals surface area contributed by atoms with Crippen LogP contribution in [-0.2, 0) is 16.0 Å². The number of halogens is 2. The lowest BCUT2D eigenvalue weighted by atomic mass is 10.1. The van der Waals surface area contributed by atoms with Crippen LogP contribution in [0.4, 0.5) is 0 Å². The number of carbonyl (C=O) groups excluding carboxylic acids is 1. The van der Waals surface area contributed by atoms with Crippen molar-refractivity contribution in [1.29, 1.82) is 0 Å². The van der Waals surface area contributed by atoms with E-state index in [9.17, 15) is 4.79 Å². The van der Waals surface area contributed by atoms with Gasteiger partial charge in [-0.3, -0.25) is 4.79 Å². The Kier molecular flexibility index (Phi) is 4.80. The molecule has 15 heavy (non-hydrogen) atoms. The Morgan fingerprint density at radius 2 is 2.00 bits per heavy atom. The van der Waals surface area contributed by atoms with Crippen LogP contribution < -0.4 is 0 Å². The van der Waals surface area contributed by atoms with Gasteiger partial charge in [-0.15, -0.1) is 0 Å². The van der Waals surface area contributed by atoms with Gasteiger partial charge in [-0.1, -0.05) is 37.9 Å². The van der Waals surface area contributed by atoms with Gasteiger partial charge in [-0.05, 0) is 31.0 Å². The smallest absolute Gasteiger partial charge is 0.310 e. The Balaban J connectivity index is 2.86. The minimum Gasteiger partial charge on any atom is -0.466 e. The van der Waals surface area contributed by atoms with Crippen LogP contribution in [0.15, 0.2) is 21.1 Å². The molecule has 0 heterocycles. The fourth-order valence-corrected chi connectivity index (χ4v) is 2.35. The second-order valence-corrected chi connectivity index (χ2v) is 4.88. The predicted molar refractivity (Wildman–Crippen MR) is 66.9 cm³/mol. The first-order valence-corrected chi connectivity index (χ1v) is 6.23. The van der Waals surface area contributed by atoms with E-state index >= 15 is 0 Å². The molecule has 1 rings (SSSR count). The molecule has 0 aliphatic rings. The predicted octanol–water partition coefficient (Wildman–Crippen LogP) is 3.63. The van der Waals surface area contributed by atoms with Crippen LogP contribution >= 0.6 is 31.9 Å². The summed E-state index contributed by atoms with van der Waals surface area (Å²) in [7, 11) is 0. The molecule has 0 spiro atoms. The molecule has 0 N–H and O–H groups in total. The van der Waals surface area contributed by atoms with Crippen molar-refractivity contribution in [3.8, 4) is 0 Å². The number of hydrogen-bond donors (Lipinski definition) is 0. The minimum atomic E-state index is -0.195. The maximum Gasteiger partial charge on any atom is 0.310 e. The number of ether oxygens (including phenoxy) is 1. The number of benzene rings is 1. The maximum atomic E-state index is 11.3. The molecule has 1 aromatic rings. The van der Waals surface area contributed by atoms with Crippen LogP contribution in [0.5, 0.6) is 0 Å². The van der Waals surface area contributed by atoms with Crippen molar-refractivity contribution >= 4 is 37.8 Å². The van der Waals surface area contributed by atoms with Gasteiger partial charge in [0.2, 0.25) is 0 Å². The van der Waals surface area contributed by atoms with Crippen LogP contribution in [0.3, 0.4) is 0 Å². The van der Waals surface area contributed by atoms with Gasteiger partial charge in [0.1, 0.15) is 0 Å². The first-order valence-electron chi connectivity index (χ1n) is 4.64. The molecule has 0 atom stereocenters. The fourth-order valence-electron chi connectivity index (χ4n) is 1.22. The molecule has 0 bridgehead atoms. The monoisotopic (exact) mass is 334 g/mol. The van der Waals surface area contributed by atoms with Crippen molar-refractivity contribution in [3.63, 3.8) is 0 Å². The van der Waals surface area contributed by atoms with Crippen LogP contribution in [-0.4, -0.2) is 12.6 Å². The van der Waals surface area contributed by atoms with E-state index in [1.165, 1.54) is 0 Å². The minimum absolute atomic E-state index is 0.195. The number of esters is 1. The third kappa shape index (κ3) is 3.61. The van der Waals surface area contributed by atoms with Gasteiger partial charge in [0.25, 0.3) is 0 Å². The van der Waals surface area contributed by atoms with Crippen molar-refractivity contribution in [2.75, 3.05) is 6.61 Å². The number of aryl methyl sites for hydroxylation is 1. The van der Waals surface area contributed by atoms with Crippen molar-refractivity contribution in [2.24, 2.45) is 0 Å². The number of carbonyl (C=O) groups is 1. The molecule has 0 saturated heterocycles. The highest BCUT2D eigenvalue weighted by Gasteiger charge is 2.09. The number of hydrogen-bond acceptors (Lipinski definition) is 2. The lowest BCUT2D eigenvalue weighted by Gasteiger charge is -2.07. The van der Waals surface area contributed by atoms with Crippen molar-refractivity contribution in [2.45, 2.75) is 20.3 Å². The molecule has 2 nitrogen and oxygen atoms in total. The third-order valence-corrected chi connectivity index (χ3v) is 3.56. The van der Waals surface area contributed by atoms with Crippen LogP contribution in [0.1, 0.15) is 18.1 Å². The van der Waals surface area contributed by atoms with Gasteiger partial charge in [0.15, 0.2) is 0 Å². The van der Waals surface area contributed by atoms with Crippen molar-refractivity contribution in [1.82, 2.24) is 0 Å². The summed E-state index contributed by atoms with van der Waals surface area (Å²) in [5, 5.41) is 0. The van der Waals surface area contributed by atoms with E-state index in [0.717, 1.165) is 20.1 Å². The van der Waals surface area contributed by atoms with E-state index < -0.39 is 0 Å². The summed E-state index contributed by atoms with van der Waals surface area (Å²) in [4.78, 5) is 11.3. The highest BCUT2D eigenvalue weighted by molar-refractivity contribution is 9.11. The van der Waals surface area contributed by atoms with Crippen LogP contribution in [0, 0.1) is 6.92 Å². The first-order chi connectivity index (χ1) is 7.04. The lowest BCUT2D eigenvalue weighted by Crippen LogP contribution is -2.08. The molecule has 0 aromatic heterocycles. The van der Waals surface area contributed by atoms with E-state index in [1.54, 1.807) is 6.92 Å². The average Bonchev–Trinajstić information content (AvgIpc) is 2.14. The molecule has 0 fully saturated rings. The van der Waals surface area contributed by atoms with Gasteiger partial charge in [-0.2, -0.15) is 0 Å². The van der Waals surface area contributed by atoms with E-state index in [-0.39, 0.29) is 5.97 Å². The quantitative estimate of drug-likeness (QED) is 0.788. The fraction of sp³-hybridized carbons (Fsp3) is 0.364. The summed E-state index contributed by atoms with van der Waals surface area (Å²) in [6.45, 7) is 4.22. The molecule has 0 saturated carbocycles. The highest BCUT2D eigenvalue weighted by Crippen LogP contribution is 2.26. The molecule has 0 radical (unpaired) electrons. The zero-order chi connectivity index (χ0) is 11.4. The first kappa shape index (κ1) is 12.7. The van der Waals surface area contributed by atoms with E-state index in [0.29, 0.717) is 13.0 Å².